The summed E-state index contributed by atoms with van der Waals surface area (Å²) in [6, 6.07) is 0.369. The highest BCUT2D eigenvalue weighted by molar-refractivity contribution is 8.00. The summed E-state index contributed by atoms with van der Waals surface area (Å²) in [6.45, 7) is 4.87. The molecule has 0 saturated heterocycles. The van der Waals surface area contributed by atoms with Gasteiger partial charge in [0.1, 0.15) is 0 Å². The van der Waals surface area contributed by atoms with Crippen LogP contribution >= 0.6 is 11.8 Å². The van der Waals surface area contributed by atoms with Crippen LogP contribution < -0.4 is 5.32 Å². The highest BCUT2D eigenvalue weighted by Gasteiger charge is 2.29. The molecule has 1 amide bonds. The van der Waals surface area contributed by atoms with Gasteiger partial charge in [0.15, 0.2) is 0 Å². The van der Waals surface area contributed by atoms with E-state index in [-0.39, 0.29) is 11.2 Å². The molecule has 1 fully saturated rings. The first-order valence-corrected chi connectivity index (χ1v) is 10.7. The number of aromatic nitrogens is 4. The van der Waals surface area contributed by atoms with E-state index in [4.69, 9.17) is 0 Å². The molecular weight excluding hydrogens is 352 g/mol. The van der Waals surface area contributed by atoms with Gasteiger partial charge in [-0.2, -0.15) is 0 Å². The fourth-order valence-electron chi connectivity index (χ4n) is 2.19. The second kappa shape index (κ2) is 8.26. The van der Waals surface area contributed by atoms with Crippen molar-refractivity contribution >= 4 is 27.7 Å². The van der Waals surface area contributed by atoms with Crippen molar-refractivity contribution < 1.29 is 13.2 Å². The van der Waals surface area contributed by atoms with Crippen LogP contribution in [0.1, 0.15) is 39.2 Å². The van der Waals surface area contributed by atoms with Gasteiger partial charge in [-0.3, -0.25) is 4.79 Å². The minimum Gasteiger partial charge on any atom is -0.355 e. The molecule has 0 radical (unpaired) electrons. The van der Waals surface area contributed by atoms with Crippen LogP contribution in [0.5, 0.6) is 0 Å². The standard InChI is InChI=1S/C13H24N6O3S2/c1-4-18(24(3,21)22)9-5-8-14-12(20)10(2)23-13-15-16-17-19(13)11-6-7-11/h10-11H,4-9H2,1-3H3,(H,14,20). The number of amides is 1. The van der Waals surface area contributed by atoms with E-state index in [1.807, 2.05) is 0 Å². The fraction of sp³-hybridized carbons (Fsp3) is 0.846. The lowest BCUT2D eigenvalue weighted by molar-refractivity contribution is -0.120. The zero-order chi connectivity index (χ0) is 17.7. The Morgan fingerprint density at radius 3 is 2.79 bits per heavy atom. The Balaban J connectivity index is 1.73. The van der Waals surface area contributed by atoms with Gasteiger partial charge in [0.25, 0.3) is 0 Å². The second-order valence-corrected chi connectivity index (χ2v) is 9.09. The summed E-state index contributed by atoms with van der Waals surface area (Å²) in [7, 11) is -3.18. The number of nitrogens with one attached hydrogen (secondary N) is 1. The summed E-state index contributed by atoms with van der Waals surface area (Å²) in [5, 5.41) is 14.8. The van der Waals surface area contributed by atoms with E-state index in [2.05, 4.69) is 20.8 Å². The first kappa shape index (κ1) is 19.1. The van der Waals surface area contributed by atoms with Gasteiger partial charge < -0.3 is 5.32 Å². The van der Waals surface area contributed by atoms with E-state index in [0.717, 1.165) is 12.8 Å². The molecule has 0 aromatic carbocycles. The molecule has 24 heavy (non-hydrogen) atoms. The largest absolute Gasteiger partial charge is 0.355 e. The molecule has 1 aliphatic rings. The molecule has 136 valence electrons. The summed E-state index contributed by atoms with van der Waals surface area (Å²) < 4.78 is 26.1. The first-order valence-electron chi connectivity index (χ1n) is 8.00. The maximum atomic E-state index is 12.1. The van der Waals surface area contributed by atoms with Gasteiger partial charge in [-0.05, 0) is 36.6 Å². The van der Waals surface area contributed by atoms with E-state index in [1.165, 1.54) is 22.3 Å². The average Bonchev–Trinajstić information content (AvgIpc) is 3.25. The van der Waals surface area contributed by atoms with Gasteiger partial charge in [-0.15, -0.1) is 5.10 Å². The van der Waals surface area contributed by atoms with Crippen molar-refractivity contribution in [1.29, 1.82) is 0 Å². The lowest BCUT2D eigenvalue weighted by Crippen LogP contribution is -2.35. The van der Waals surface area contributed by atoms with Gasteiger partial charge >= 0.3 is 0 Å². The molecule has 1 aromatic heterocycles. The van der Waals surface area contributed by atoms with Crippen molar-refractivity contribution in [1.82, 2.24) is 29.8 Å². The average molecular weight is 377 g/mol. The molecule has 1 N–H and O–H groups in total. The molecule has 1 aromatic rings. The Hall–Kier alpha value is -1.20. The quantitative estimate of drug-likeness (QED) is 0.461. The number of hydrogen-bond acceptors (Lipinski definition) is 7. The number of rotatable bonds is 10. The van der Waals surface area contributed by atoms with E-state index in [9.17, 15) is 13.2 Å². The SMILES string of the molecule is CCN(CCCNC(=O)C(C)Sc1nnnn1C1CC1)S(C)(=O)=O. The highest BCUT2D eigenvalue weighted by Crippen LogP contribution is 2.37. The molecule has 1 unspecified atom stereocenters. The summed E-state index contributed by atoms with van der Waals surface area (Å²) in [4.78, 5) is 12.1. The van der Waals surface area contributed by atoms with Crippen LogP contribution in [-0.2, 0) is 14.8 Å². The fourth-order valence-corrected chi connectivity index (χ4v) is 4.01. The zero-order valence-electron chi connectivity index (χ0n) is 14.2. The molecule has 11 heteroatoms. The highest BCUT2D eigenvalue weighted by atomic mass is 32.2. The molecule has 0 bridgehead atoms. The zero-order valence-corrected chi connectivity index (χ0v) is 15.8. The molecule has 2 rings (SSSR count). The Labute approximate surface area is 146 Å². The lowest BCUT2D eigenvalue weighted by Gasteiger charge is -2.18. The number of sulfonamides is 1. The smallest absolute Gasteiger partial charge is 0.233 e. The van der Waals surface area contributed by atoms with Crippen LogP contribution in [0.3, 0.4) is 0 Å². The van der Waals surface area contributed by atoms with Crippen molar-refractivity contribution in [3.05, 3.63) is 0 Å². The van der Waals surface area contributed by atoms with E-state index in [0.29, 0.717) is 37.3 Å². The second-order valence-electron chi connectivity index (χ2n) is 5.80. The van der Waals surface area contributed by atoms with Crippen LogP contribution in [0.15, 0.2) is 5.16 Å². The number of tetrazole rings is 1. The Kier molecular flexibility index (Phi) is 6.58. The minimum absolute atomic E-state index is 0.104. The van der Waals surface area contributed by atoms with E-state index >= 15 is 0 Å². The predicted octanol–water partition coefficient (Wildman–Crippen LogP) is 0.276. The Bertz CT molecular complexity index is 658. The first-order chi connectivity index (χ1) is 11.3. The Morgan fingerprint density at radius 1 is 1.50 bits per heavy atom. The summed E-state index contributed by atoms with van der Waals surface area (Å²) in [5.41, 5.74) is 0. The van der Waals surface area contributed by atoms with Gasteiger partial charge in [0.2, 0.25) is 21.1 Å². The molecule has 1 atom stereocenters. The topological polar surface area (TPSA) is 110 Å². The number of thioether (sulfide) groups is 1. The van der Waals surface area contributed by atoms with Crippen LogP contribution in [0, 0.1) is 0 Å². The van der Waals surface area contributed by atoms with Crippen LogP contribution in [0.4, 0.5) is 0 Å². The minimum atomic E-state index is -3.18. The number of hydrogen-bond donors (Lipinski definition) is 1. The molecular formula is C13H24N6O3S2. The van der Waals surface area contributed by atoms with Crippen molar-refractivity contribution in [3.63, 3.8) is 0 Å². The van der Waals surface area contributed by atoms with Crippen LogP contribution in [0.25, 0.3) is 0 Å². The van der Waals surface area contributed by atoms with E-state index in [1.54, 1.807) is 18.5 Å². The van der Waals surface area contributed by atoms with Crippen molar-refractivity contribution in [2.45, 2.75) is 49.6 Å². The van der Waals surface area contributed by atoms with Gasteiger partial charge in [0.05, 0.1) is 17.5 Å². The molecule has 0 spiro atoms. The molecule has 9 nitrogen and oxygen atoms in total. The van der Waals surface area contributed by atoms with Crippen molar-refractivity contribution in [3.8, 4) is 0 Å². The molecule has 1 saturated carbocycles. The normalized spacial score (nSPS) is 16.3. The molecule has 0 aliphatic heterocycles. The maximum absolute atomic E-state index is 12.1. The third kappa shape index (κ3) is 5.42. The lowest BCUT2D eigenvalue weighted by atomic mass is 10.4. The molecule has 1 heterocycles. The molecule has 1 aliphatic carbocycles. The third-order valence-electron chi connectivity index (χ3n) is 3.71. The Morgan fingerprint density at radius 2 is 2.21 bits per heavy atom. The number of nitrogens with zero attached hydrogens (tertiary/aromatic N) is 5. The predicted molar refractivity (Wildman–Crippen MR) is 91.1 cm³/mol. The summed E-state index contributed by atoms with van der Waals surface area (Å²) >= 11 is 1.33. The van der Waals surface area contributed by atoms with Crippen LogP contribution in [-0.4, -0.2) is 70.0 Å². The number of carbonyl (C=O) groups is 1. The summed E-state index contributed by atoms with van der Waals surface area (Å²) in [6.07, 6.45) is 3.92. The van der Waals surface area contributed by atoms with Gasteiger partial charge in [-0.25, -0.2) is 17.4 Å². The van der Waals surface area contributed by atoms with Gasteiger partial charge in [0, 0.05) is 19.6 Å². The monoisotopic (exact) mass is 376 g/mol. The summed E-state index contributed by atoms with van der Waals surface area (Å²) in [5.74, 6) is -0.104. The van der Waals surface area contributed by atoms with E-state index < -0.39 is 10.0 Å². The maximum Gasteiger partial charge on any atom is 0.233 e. The van der Waals surface area contributed by atoms with Crippen molar-refractivity contribution in [2.24, 2.45) is 0 Å². The van der Waals surface area contributed by atoms with Crippen molar-refractivity contribution in [2.75, 3.05) is 25.9 Å². The third-order valence-corrected chi connectivity index (χ3v) is 6.14. The van der Waals surface area contributed by atoms with Gasteiger partial charge in [-0.1, -0.05) is 18.7 Å². The number of carbonyl (C=O) groups excluding carboxylic acids is 1. The van der Waals surface area contributed by atoms with Crippen LogP contribution in [0.2, 0.25) is 0 Å².